The number of hydrogen-bond donors (Lipinski definition) is 2. The molecule has 0 spiro atoms. The maximum atomic E-state index is 8.81. The summed E-state index contributed by atoms with van der Waals surface area (Å²) in [6, 6.07) is -0.000000000000000222. The monoisotopic (exact) mass is 119 g/mol. The van der Waals surface area contributed by atoms with Gasteiger partial charge in [-0.2, -0.15) is 5.48 Å². The first-order valence-electron chi connectivity index (χ1n) is 2.65. The molecule has 0 aliphatic rings. The van der Waals surface area contributed by atoms with Crippen molar-refractivity contribution in [2.24, 2.45) is 0 Å². The highest BCUT2D eigenvalue weighted by Crippen LogP contribution is 1.87. The summed E-state index contributed by atoms with van der Waals surface area (Å²) in [6.45, 7) is 3.55. The highest BCUT2D eigenvalue weighted by molar-refractivity contribution is 4.59. The molecule has 0 radical (unpaired) electrons. The molecule has 3 nitrogen and oxygen atoms in total. The van der Waals surface area contributed by atoms with Gasteiger partial charge in [0.15, 0.2) is 0 Å². The first-order chi connectivity index (χ1) is 3.68. The molecule has 2 N–H and O–H groups in total. The lowest BCUT2D eigenvalue weighted by atomic mass is 10.2. The van der Waals surface area contributed by atoms with Crippen LogP contribution in [0.1, 0.15) is 13.8 Å². The summed E-state index contributed by atoms with van der Waals surface area (Å²) in [5.41, 5.74) is 2.59. The largest absolute Gasteiger partial charge is 0.392 e. The third kappa shape index (κ3) is 2.96. The maximum Gasteiger partial charge on any atom is 0.0685 e. The molecule has 0 saturated carbocycles. The maximum absolute atomic E-state index is 8.81. The molecule has 0 saturated heterocycles. The van der Waals surface area contributed by atoms with Crippen molar-refractivity contribution >= 4 is 0 Å². The van der Waals surface area contributed by atoms with Gasteiger partial charge in [-0.25, -0.2) is 0 Å². The fraction of sp³-hybridized carbons (Fsp3) is 1.00. The van der Waals surface area contributed by atoms with Gasteiger partial charge >= 0.3 is 0 Å². The number of aliphatic hydroxyl groups excluding tert-OH is 1. The van der Waals surface area contributed by atoms with Crippen LogP contribution in [0.3, 0.4) is 0 Å². The number of aliphatic hydroxyl groups is 1. The third-order valence-electron chi connectivity index (χ3n) is 1.03. The highest BCUT2D eigenvalue weighted by Gasteiger charge is 2.05. The van der Waals surface area contributed by atoms with Crippen molar-refractivity contribution < 1.29 is 9.94 Å². The topological polar surface area (TPSA) is 41.5 Å². The molecular weight excluding hydrogens is 106 g/mol. The van der Waals surface area contributed by atoms with Gasteiger partial charge in [-0.05, 0) is 13.8 Å². The molecule has 0 rings (SSSR count). The van der Waals surface area contributed by atoms with E-state index < -0.39 is 0 Å². The zero-order valence-electron chi connectivity index (χ0n) is 5.51. The molecular formula is C5H13NO2. The second-order valence-electron chi connectivity index (χ2n) is 1.85. The van der Waals surface area contributed by atoms with E-state index in [9.17, 15) is 0 Å². The van der Waals surface area contributed by atoms with Crippen molar-refractivity contribution in [3.63, 3.8) is 0 Å². The molecule has 3 heteroatoms. The van der Waals surface area contributed by atoms with Crippen LogP contribution in [0.5, 0.6) is 0 Å². The van der Waals surface area contributed by atoms with Crippen LogP contribution >= 0.6 is 0 Å². The lowest BCUT2D eigenvalue weighted by Gasteiger charge is -2.13. The Morgan fingerprint density at radius 3 is 2.12 bits per heavy atom. The van der Waals surface area contributed by atoms with Crippen LogP contribution in [0.15, 0.2) is 0 Å². The molecule has 0 bridgehead atoms. The smallest absolute Gasteiger partial charge is 0.0685 e. The van der Waals surface area contributed by atoms with Gasteiger partial charge in [0, 0.05) is 0 Å². The summed E-state index contributed by atoms with van der Waals surface area (Å²) in [5, 5.41) is 8.81. The lowest BCUT2D eigenvalue weighted by Crippen LogP contribution is -2.34. The van der Waals surface area contributed by atoms with E-state index in [1.807, 2.05) is 6.92 Å². The molecule has 8 heavy (non-hydrogen) atoms. The van der Waals surface area contributed by atoms with Crippen molar-refractivity contribution in [2.45, 2.75) is 26.0 Å². The van der Waals surface area contributed by atoms with E-state index in [-0.39, 0.29) is 12.1 Å². The van der Waals surface area contributed by atoms with Crippen LogP contribution < -0.4 is 5.48 Å². The zero-order valence-corrected chi connectivity index (χ0v) is 5.51. The van der Waals surface area contributed by atoms with Gasteiger partial charge in [0.25, 0.3) is 0 Å². The number of nitrogens with one attached hydrogen (secondary N) is 1. The zero-order chi connectivity index (χ0) is 6.57. The van der Waals surface area contributed by atoms with Crippen LogP contribution in [0, 0.1) is 0 Å². The molecule has 2 atom stereocenters. The van der Waals surface area contributed by atoms with E-state index in [1.54, 1.807) is 6.92 Å². The average molecular weight is 119 g/mol. The Balaban J connectivity index is 3.17. The fourth-order valence-corrected chi connectivity index (χ4v) is 0.284. The molecule has 0 aromatic rings. The van der Waals surface area contributed by atoms with E-state index in [4.69, 9.17) is 5.11 Å². The Kier molecular flexibility index (Phi) is 3.77. The molecule has 2 unspecified atom stereocenters. The molecule has 50 valence electrons. The molecule has 0 aliphatic carbocycles. The molecule has 0 aliphatic heterocycles. The van der Waals surface area contributed by atoms with Crippen LogP contribution in [0.25, 0.3) is 0 Å². The van der Waals surface area contributed by atoms with E-state index in [1.165, 1.54) is 7.11 Å². The van der Waals surface area contributed by atoms with Crippen molar-refractivity contribution in [3.8, 4) is 0 Å². The Hall–Kier alpha value is -0.120. The van der Waals surface area contributed by atoms with Crippen molar-refractivity contribution in [1.29, 1.82) is 0 Å². The average Bonchev–Trinajstić information content (AvgIpc) is 1.67. The summed E-state index contributed by atoms with van der Waals surface area (Å²) in [5.74, 6) is 0. The highest BCUT2D eigenvalue weighted by atomic mass is 16.6. The van der Waals surface area contributed by atoms with Gasteiger partial charge in [-0.3, -0.25) is 0 Å². The van der Waals surface area contributed by atoms with Gasteiger partial charge < -0.3 is 9.94 Å². The Morgan fingerprint density at radius 1 is 1.50 bits per heavy atom. The van der Waals surface area contributed by atoms with E-state index in [0.29, 0.717) is 0 Å². The van der Waals surface area contributed by atoms with Gasteiger partial charge in [0.05, 0.1) is 19.3 Å². The second kappa shape index (κ2) is 3.83. The lowest BCUT2D eigenvalue weighted by molar-refractivity contribution is 0.0192. The number of hydroxylamine groups is 1. The number of hydrogen-bond acceptors (Lipinski definition) is 3. The Labute approximate surface area is 49.6 Å². The van der Waals surface area contributed by atoms with Crippen LogP contribution in [0.2, 0.25) is 0 Å². The Morgan fingerprint density at radius 2 is 2.00 bits per heavy atom. The van der Waals surface area contributed by atoms with Crippen molar-refractivity contribution in [1.82, 2.24) is 5.48 Å². The SMILES string of the molecule is CONC(C)C(C)O. The van der Waals surface area contributed by atoms with Gasteiger partial charge in [-0.1, -0.05) is 0 Å². The predicted molar refractivity (Wildman–Crippen MR) is 31.3 cm³/mol. The fourth-order valence-electron chi connectivity index (χ4n) is 0.284. The first kappa shape index (κ1) is 7.88. The molecule has 0 aromatic carbocycles. The summed E-state index contributed by atoms with van der Waals surface area (Å²) in [4.78, 5) is 4.55. The minimum Gasteiger partial charge on any atom is -0.392 e. The quantitative estimate of drug-likeness (QED) is 0.510. The first-order valence-corrected chi connectivity index (χ1v) is 2.65. The van der Waals surface area contributed by atoms with E-state index in [2.05, 4.69) is 10.3 Å². The standard InChI is InChI=1S/C5H13NO2/c1-4(5(2)7)6-8-3/h4-7H,1-3H3. The van der Waals surface area contributed by atoms with Crippen molar-refractivity contribution in [3.05, 3.63) is 0 Å². The third-order valence-corrected chi connectivity index (χ3v) is 1.03. The van der Waals surface area contributed by atoms with E-state index in [0.717, 1.165) is 0 Å². The summed E-state index contributed by atoms with van der Waals surface area (Å²) >= 11 is 0. The molecule has 0 amide bonds. The second-order valence-corrected chi connectivity index (χ2v) is 1.85. The predicted octanol–water partition coefficient (Wildman–Crippen LogP) is -0.0933. The van der Waals surface area contributed by atoms with Crippen LogP contribution in [-0.4, -0.2) is 24.4 Å². The van der Waals surface area contributed by atoms with Crippen LogP contribution in [0.4, 0.5) is 0 Å². The summed E-state index contributed by atoms with van der Waals surface area (Å²) in [6.07, 6.45) is -0.366. The van der Waals surface area contributed by atoms with Gasteiger partial charge in [-0.15, -0.1) is 0 Å². The van der Waals surface area contributed by atoms with Crippen LogP contribution in [-0.2, 0) is 4.84 Å². The van der Waals surface area contributed by atoms with E-state index >= 15 is 0 Å². The van der Waals surface area contributed by atoms with Gasteiger partial charge in [0.2, 0.25) is 0 Å². The summed E-state index contributed by atoms with van der Waals surface area (Å²) in [7, 11) is 1.53. The molecule has 0 heterocycles. The number of rotatable bonds is 3. The van der Waals surface area contributed by atoms with Gasteiger partial charge in [0.1, 0.15) is 0 Å². The molecule has 0 fully saturated rings. The molecule has 0 aromatic heterocycles. The minimum atomic E-state index is -0.366. The minimum absolute atomic E-state index is 0.000000000000000222. The van der Waals surface area contributed by atoms with Crippen molar-refractivity contribution in [2.75, 3.05) is 7.11 Å². The Bertz CT molecular complexity index is 56.4. The normalized spacial score (nSPS) is 18.0. The summed E-state index contributed by atoms with van der Waals surface area (Å²) < 4.78 is 0.